The van der Waals surface area contributed by atoms with E-state index in [2.05, 4.69) is 0 Å². The van der Waals surface area contributed by atoms with Crippen molar-refractivity contribution in [1.29, 1.82) is 0 Å². The lowest BCUT2D eigenvalue weighted by Crippen LogP contribution is -2.38. The van der Waals surface area contributed by atoms with Crippen molar-refractivity contribution in [1.82, 2.24) is 4.31 Å². The first-order valence-corrected chi connectivity index (χ1v) is 7.57. The van der Waals surface area contributed by atoms with Gasteiger partial charge in [-0.15, -0.1) is 0 Å². The molecular weight excluding hydrogens is 264 g/mol. The molecule has 0 saturated carbocycles. The quantitative estimate of drug-likeness (QED) is 0.840. The molecule has 1 aromatic rings. The van der Waals surface area contributed by atoms with Crippen molar-refractivity contribution >= 4 is 15.7 Å². The zero-order chi connectivity index (χ0) is 14.8. The topological polar surface area (TPSA) is 72.6 Å². The average molecular weight is 286 g/mol. The second kappa shape index (κ2) is 5.79. The van der Waals surface area contributed by atoms with E-state index < -0.39 is 10.0 Å². The molecule has 19 heavy (non-hydrogen) atoms. The van der Waals surface area contributed by atoms with Crippen LogP contribution in [0.15, 0.2) is 23.1 Å². The van der Waals surface area contributed by atoms with Crippen molar-refractivity contribution in [3.05, 3.63) is 18.2 Å². The molecule has 0 saturated heterocycles. The molecule has 2 N–H and O–H groups in total. The van der Waals surface area contributed by atoms with Gasteiger partial charge in [0.15, 0.2) is 0 Å². The highest BCUT2D eigenvalue weighted by atomic mass is 32.2. The lowest BCUT2D eigenvalue weighted by molar-refractivity contribution is 0.315. The highest BCUT2D eigenvalue weighted by Crippen LogP contribution is 2.27. The molecule has 6 heteroatoms. The fourth-order valence-corrected chi connectivity index (χ4v) is 3.21. The molecule has 1 unspecified atom stereocenters. The lowest BCUT2D eigenvalue weighted by Gasteiger charge is -2.27. The van der Waals surface area contributed by atoms with E-state index in [-0.39, 0.29) is 16.9 Å². The first-order chi connectivity index (χ1) is 8.71. The number of nitrogens with zero attached hydrogens (tertiary/aromatic N) is 1. The van der Waals surface area contributed by atoms with Gasteiger partial charge in [-0.05, 0) is 31.0 Å². The number of nitrogens with two attached hydrogens (primary N) is 1. The van der Waals surface area contributed by atoms with Crippen molar-refractivity contribution in [2.24, 2.45) is 5.92 Å². The summed E-state index contributed by atoms with van der Waals surface area (Å²) in [5.74, 6) is 0.703. The molecule has 0 radical (unpaired) electrons. The normalized spacial score (nSPS) is 13.8. The SMILES string of the molecule is COc1ccc(S(=O)(=O)N(C)C(C)C(C)C)cc1N. The molecule has 0 spiro atoms. The average Bonchev–Trinajstić information content (AvgIpc) is 2.36. The summed E-state index contributed by atoms with van der Waals surface area (Å²) in [4.78, 5) is 0.181. The van der Waals surface area contributed by atoms with E-state index in [1.54, 1.807) is 13.1 Å². The van der Waals surface area contributed by atoms with E-state index >= 15 is 0 Å². The number of sulfonamides is 1. The standard InChI is InChI=1S/C13H22N2O3S/c1-9(2)10(3)15(4)19(16,17)11-6-7-13(18-5)12(14)8-11/h6-10H,14H2,1-5H3. The van der Waals surface area contributed by atoms with Crippen LogP contribution in [0, 0.1) is 5.92 Å². The molecule has 0 aliphatic heterocycles. The van der Waals surface area contributed by atoms with Crippen LogP contribution in [-0.4, -0.2) is 32.9 Å². The Labute approximate surface area is 115 Å². The first kappa shape index (κ1) is 15.8. The number of nitrogen functional groups attached to an aromatic ring is 1. The van der Waals surface area contributed by atoms with Crippen LogP contribution in [0.25, 0.3) is 0 Å². The minimum absolute atomic E-state index is 0.0895. The summed E-state index contributed by atoms with van der Waals surface area (Å²) in [6.07, 6.45) is 0. The Morgan fingerprint density at radius 2 is 1.84 bits per heavy atom. The van der Waals surface area contributed by atoms with Crippen LogP contribution in [-0.2, 0) is 10.0 Å². The van der Waals surface area contributed by atoms with Gasteiger partial charge in [0.1, 0.15) is 5.75 Å². The summed E-state index contributed by atoms with van der Waals surface area (Å²) >= 11 is 0. The maximum absolute atomic E-state index is 12.5. The van der Waals surface area contributed by atoms with Crippen molar-refractivity contribution in [3.63, 3.8) is 0 Å². The Bertz CT molecular complexity index is 541. The van der Waals surface area contributed by atoms with E-state index in [0.29, 0.717) is 11.4 Å². The summed E-state index contributed by atoms with van der Waals surface area (Å²) in [6, 6.07) is 4.41. The number of hydrogen-bond donors (Lipinski definition) is 1. The summed E-state index contributed by atoms with van der Waals surface area (Å²) in [6.45, 7) is 5.85. The molecule has 1 rings (SSSR count). The number of rotatable bonds is 5. The van der Waals surface area contributed by atoms with Crippen LogP contribution in [0.1, 0.15) is 20.8 Å². The fraction of sp³-hybridized carbons (Fsp3) is 0.538. The number of hydrogen-bond acceptors (Lipinski definition) is 4. The Morgan fingerprint density at radius 3 is 2.26 bits per heavy atom. The van der Waals surface area contributed by atoms with E-state index in [9.17, 15) is 8.42 Å². The van der Waals surface area contributed by atoms with Gasteiger partial charge in [-0.3, -0.25) is 0 Å². The lowest BCUT2D eigenvalue weighted by atomic mass is 10.1. The second-order valence-electron chi connectivity index (χ2n) is 4.91. The van der Waals surface area contributed by atoms with E-state index in [0.717, 1.165) is 0 Å². The molecule has 0 bridgehead atoms. The van der Waals surface area contributed by atoms with Crippen LogP contribution >= 0.6 is 0 Å². The first-order valence-electron chi connectivity index (χ1n) is 6.13. The highest BCUT2D eigenvalue weighted by molar-refractivity contribution is 7.89. The Hall–Kier alpha value is -1.27. The van der Waals surface area contributed by atoms with E-state index in [4.69, 9.17) is 10.5 Å². The molecule has 1 atom stereocenters. The third kappa shape index (κ3) is 3.19. The molecule has 0 aliphatic carbocycles. The van der Waals surface area contributed by atoms with Gasteiger partial charge in [0.05, 0.1) is 17.7 Å². The van der Waals surface area contributed by atoms with Gasteiger partial charge in [-0.25, -0.2) is 8.42 Å². The van der Waals surface area contributed by atoms with Crippen LogP contribution in [0.5, 0.6) is 5.75 Å². The van der Waals surface area contributed by atoms with Gasteiger partial charge in [0, 0.05) is 13.1 Å². The van der Waals surface area contributed by atoms with Gasteiger partial charge in [0.2, 0.25) is 10.0 Å². The molecule has 0 fully saturated rings. The summed E-state index contributed by atoms with van der Waals surface area (Å²) in [7, 11) is -0.456. The monoisotopic (exact) mass is 286 g/mol. The predicted molar refractivity (Wildman–Crippen MR) is 76.7 cm³/mol. The molecule has 5 nitrogen and oxygen atoms in total. The third-order valence-electron chi connectivity index (χ3n) is 3.42. The van der Waals surface area contributed by atoms with Crippen LogP contribution in [0.2, 0.25) is 0 Å². The molecule has 0 aromatic heterocycles. The molecule has 108 valence electrons. The maximum atomic E-state index is 12.5. The summed E-state index contributed by atoms with van der Waals surface area (Å²) < 4.78 is 31.3. The van der Waals surface area contributed by atoms with E-state index in [1.165, 1.54) is 23.5 Å². The van der Waals surface area contributed by atoms with Gasteiger partial charge < -0.3 is 10.5 Å². The van der Waals surface area contributed by atoms with Crippen molar-refractivity contribution < 1.29 is 13.2 Å². The molecule has 0 aliphatic rings. The minimum Gasteiger partial charge on any atom is -0.495 e. The largest absolute Gasteiger partial charge is 0.495 e. The van der Waals surface area contributed by atoms with Crippen molar-refractivity contribution in [3.8, 4) is 5.75 Å². The number of methoxy groups -OCH3 is 1. The Kier molecular flexibility index (Phi) is 4.81. The minimum atomic E-state index is -3.53. The van der Waals surface area contributed by atoms with Gasteiger partial charge >= 0.3 is 0 Å². The zero-order valence-electron chi connectivity index (χ0n) is 12.0. The van der Waals surface area contributed by atoms with E-state index in [1.807, 2.05) is 20.8 Å². The summed E-state index contributed by atoms with van der Waals surface area (Å²) in [5, 5.41) is 0. The second-order valence-corrected chi connectivity index (χ2v) is 6.91. The van der Waals surface area contributed by atoms with Gasteiger partial charge in [0.25, 0.3) is 0 Å². The van der Waals surface area contributed by atoms with Crippen molar-refractivity contribution in [2.45, 2.75) is 31.7 Å². The highest BCUT2D eigenvalue weighted by Gasteiger charge is 2.27. The number of ether oxygens (including phenoxy) is 1. The fourth-order valence-electron chi connectivity index (χ4n) is 1.68. The molecular formula is C13H22N2O3S. The van der Waals surface area contributed by atoms with Crippen LogP contribution < -0.4 is 10.5 Å². The van der Waals surface area contributed by atoms with Crippen LogP contribution in [0.4, 0.5) is 5.69 Å². The molecule has 0 heterocycles. The van der Waals surface area contributed by atoms with Gasteiger partial charge in [-0.1, -0.05) is 13.8 Å². The van der Waals surface area contributed by atoms with Crippen molar-refractivity contribution in [2.75, 3.05) is 19.9 Å². The number of benzene rings is 1. The molecule has 1 aromatic carbocycles. The Morgan fingerprint density at radius 1 is 1.26 bits per heavy atom. The maximum Gasteiger partial charge on any atom is 0.243 e. The third-order valence-corrected chi connectivity index (χ3v) is 5.36. The molecule has 0 amide bonds. The summed E-state index contributed by atoms with van der Waals surface area (Å²) in [5.41, 5.74) is 6.07. The Balaban J connectivity index is 3.17. The zero-order valence-corrected chi connectivity index (χ0v) is 12.9. The van der Waals surface area contributed by atoms with Gasteiger partial charge in [-0.2, -0.15) is 4.31 Å². The predicted octanol–water partition coefficient (Wildman–Crippen LogP) is 1.94. The van der Waals surface area contributed by atoms with Crippen LogP contribution in [0.3, 0.4) is 0 Å². The number of anilines is 1. The smallest absolute Gasteiger partial charge is 0.243 e.